The quantitative estimate of drug-likeness (QED) is 0.248. The van der Waals surface area contributed by atoms with Crippen LogP contribution < -0.4 is 0 Å². The molecule has 0 saturated carbocycles. The zero-order chi connectivity index (χ0) is 21.2. The maximum atomic E-state index is 7.30. The SMILES string of the molecule is ClC1[C@@H]2c3ccccc3[C@@H]1c1c2c(-c2ccccc2)c2ccccc2c1-c1ccccc1. The second-order valence-electron chi connectivity index (χ2n) is 8.88. The molecular formula is C31H21Cl. The van der Waals surface area contributed by atoms with Gasteiger partial charge in [-0.15, -0.1) is 11.6 Å². The third kappa shape index (κ3) is 2.34. The first kappa shape index (κ1) is 18.2. The van der Waals surface area contributed by atoms with Gasteiger partial charge in [0.25, 0.3) is 0 Å². The predicted molar refractivity (Wildman–Crippen MR) is 135 cm³/mol. The Bertz CT molecular complexity index is 1370. The molecule has 7 rings (SSSR count). The van der Waals surface area contributed by atoms with Crippen LogP contribution in [0.5, 0.6) is 0 Å². The number of benzene rings is 5. The zero-order valence-electron chi connectivity index (χ0n) is 17.5. The highest BCUT2D eigenvalue weighted by atomic mass is 35.5. The van der Waals surface area contributed by atoms with E-state index in [1.165, 1.54) is 55.3 Å². The molecule has 2 bridgehead atoms. The van der Waals surface area contributed by atoms with E-state index in [4.69, 9.17) is 11.6 Å². The maximum Gasteiger partial charge on any atom is 0.0555 e. The van der Waals surface area contributed by atoms with Crippen LogP contribution in [0, 0.1) is 0 Å². The molecule has 2 aliphatic rings. The van der Waals surface area contributed by atoms with Crippen LogP contribution in [-0.4, -0.2) is 5.38 Å². The Kier molecular flexibility index (Phi) is 3.89. The molecule has 2 atom stereocenters. The minimum Gasteiger partial charge on any atom is -0.121 e. The lowest BCUT2D eigenvalue weighted by Gasteiger charge is -2.27. The van der Waals surface area contributed by atoms with E-state index in [2.05, 4.69) is 109 Å². The Hall–Kier alpha value is -3.35. The second kappa shape index (κ2) is 6.82. The molecule has 0 N–H and O–H groups in total. The lowest BCUT2D eigenvalue weighted by Crippen LogP contribution is -2.08. The summed E-state index contributed by atoms with van der Waals surface area (Å²) in [5, 5.41) is 2.67. The lowest BCUT2D eigenvalue weighted by molar-refractivity contribution is 0.808. The van der Waals surface area contributed by atoms with Crippen molar-refractivity contribution in [1.29, 1.82) is 0 Å². The Morgan fingerprint density at radius 2 is 0.812 bits per heavy atom. The molecule has 0 unspecified atom stereocenters. The molecule has 5 aromatic carbocycles. The van der Waals surface area contributed by atoms with E-state index in [9.17, 15) is 0 Å². The third-order valence-electron chi connectivity index (χ3n) is 7.34. The fourth-order valence-electron chi connectivity index (χ4n) is 6.20. The Labute approximate surface area is 193 Å². The molecule has 0 aromatic heterocycles. The van der Waals surface area contributed by atoms with Crippen LogP contribution in [0.1, 0.15) is 34.1 Å². The van der Waals surface area contributed by atoms with E-state index < -0.39 is 0 Å². The molecule has 5 aromatic rings. The monoisotopic (exact) mass is 428 g/mol. The molecular weight excluding hydrogens is 408 g/mol. The van der Waals surface area contributed by atoms with Gasteiger partial charge in [-0.05, 0) is 55.3 Å². The van der Waals surface area contributed by atoms with Crippen molar-refractivity contribution in [2.75, 3.05) is 0 Å². The first-order valence-corrected chi connectivity index (χ1v) is 11.7. The van der Waals surface area contributed by atoms with Crippen molar-refractivity contribution in [3.05, 3.63) is 131 Å². The van der Waals surface area contributed by atoms with Gasteiger partial charge in [-0.1, -0.05) is 109 Å². The number of hydrogen-bond donors (Lipinski definition) is 0. The molecule has 0 amide bonds. The largest absolute Gasteiger partial charge is 0.121 e. The van der Waals surface area contributed by atoms with Gasteiger partial charge in [-0.2, -0.15) is 0 Å². The summed E-state index contributed by atoms with van der Waals surface area (Å²) < 4.78 is 0. The fourth-order valence-corrected chi connectivity index (χ4v) is 6.72. The number of halogens is 1. The van der Waals surface area contributed by atoms with Gasteiger partial charge in [-0.3, -0.25) is 0 Å². The summed E-state index contributed by atoms with van der Waals surface area (Å²) in [6.45, 7) is 0. The van der Waals surface area contributed by atoms with Crippen LogP contribution in [-0.2, 0) is 0 Å². The summed E-state index contributed by atoms with van der Waals surface area (Å²) in [6.07, 6.45) is 0. The van der Waals surface area contributed by atoms with E-state index in [1.54, 1.807) is 0 Å². The Morgan fingerprint density at radius 3 is 1.25 bits per heavy atom. The fraction of sp³-hybridized carbons (Fsp3) is 0.0968. The molecule has 32 heavy (non-hydrogen) atoms. The van der Waals surface area contributed by atoms with Gasteiger partial charge in [0.05, 0.1) is 5.38 Å². The normalized spacial score (nSPS) is 20.3. The van der Waals surface area contributed by atoms with E-state index >= 15 is 0 Å². The third-order valence-corrected chi connectivity index (χ3v) is 7.85. The van der Waals surface area contributed by atoms with Gasteiger partial charge in [0.1, 0.15) is 0 Å². The van der Waals surface area contributed by atoms with E-state index in [0.29, 0.717) is 0 Å². The topological polar surface area (TPSA) is 0 Å². The van der Waals surface area contributed by atoms with Crippen LogP contribution in [0.3, 0.4) is 0 Å². The van der Waals surface area contributed by atoms with Crippen molar-refractivity contribution in [2.45, 2.75) is 17.2 Å². The molecule has 0 saturated heterocycles. The minimum absolute atomic E-state index is 0.0455. The summed E-state index contributed by atoms with van der Waals surface area (Å²) in [7, 11) is 0. The molecule has 0 aliphatic heterocycles. The van der Waals surface area contributed by atoms with Gasteiger partial charge < -0.3 is 0 Å². The molecule has 1 heteroatoms. The molecule has 152 valence electrons. The van der Waals surface area contributed by atoms with E-state index in [-0.39, 0.29) is 17.2 Å². The molecule has 0 radical (unpaired) electrons. The number of rotatable bonds is 2. The van der Waals surface area contributed by atoms with E-state index in [1.807, 2.05) is 0 Å². The minimum atomic E-state index is 0.0455. The zero-order valence-corrected chi connectivity index (χ0v) is 18.3. The van der Waals surface area contributed by atoms with Crippen LogP contribution in [0.2, 0.25) is 0 Å². The van der Waals surface area contributed by atoms with Crippen molar-refractivity contribution >= 4 is 22.4 Å². The molecule has 2 aliphatic carbocycles. The average Bonchev–Trinajstić information content (AvgIpc) is 3.31. The Morgan fingerprint density at radius 1 is 0.438 bits per heavy atom. The highest BCUT2D eigenvalue weighted by Crippen LogP contribution is 2.64. The smallest absolute Gasteiger partial charge is 0.0555 e. The summed E-state index contributed by atoms with van der Waals surface area (Å²) in [5.74, 6) is 0.435. The van der Waals surface area contributed by atoms with Gasteiger partial charge in [0, 0.05) is 11.8 Å². The number of hydrogen-bond acceptors (Lipinski definition) is 0. The van der Waals surface area contributed by atoms with E-state index in [0.717, 1.165) is 0 Å². The first-order valence-electron chi connectivity index (χ1n) is 11.3. The predicted octanol–water partition coefficient (Wildman–Crippen LogP) is 8.37. The molecule has 0 heterocycles. The van der Waals surface area contributed by atoms with Crippen LogP contribution >= 0.6 is 11.6 Å². The van der Waals surface area contributed by atoms with Gasteiger partial charge in [-0.25, -0.2) is 0 Å². The standard InChI is InChI=1S/C31H21Cl/c32-31-27-23-17-9-10-18-24(23)28(31)30-26(20-13-5-2-6-14-20)22-16-8-7-15-21(22)25(29(27)30)19-11-3-1-4-12-19/h1-18,27-28,31H/t27-,28-/m1/s1. The second-order valence-corrected chi connectivity index (χ2v) is 9.39. The summed E-state index contributed by atoms with van der Waals surface area (Å²) in [4.78, 5) is 0. The van der Waals surface area contributed by atoms with Gasteiger partial charge in [0.2, 0.25) is 0 Å². The summed E-state index contributed by atoms with van der Waals surface area (Å²) in [6, 6.07) is 39.5. The van der Waals surface area contributed by atoms with Crippen molar-refractivity contribution in [3.8, 4) is 22.3 Å². The number of alkyl halides is 1. The Balaban J connectivity index is 1.69. The highest BCUT2D eigenvalue weighted by molar-refractivity contribution is 6.24. The van der Waals surface area contributed by atoms with Gasteiger partial charge in [0.15, 0.2) is 0 Å². The number of fused-ring (bicyclic) bond motifs is 9. The molecule has 0 nitrogen and oxygen atoms in total. The first-order chi connectivity index (χ1) is 15.8. The van der Waals surface area contributed by atoms with Crippen molar-refractivity contribution < 1.29 is 0 Å². The molecule has 0 fully saturated rings. The van der Waals surface area contributed by atoms with Crippen molar-refractivity contribution in [2.24, 2.45) is 0 Å². The lowest BCUT2D eigenvalue weighted by atomic mass is 9.76. The van der Waals surface area contributed by atoms with Crippen LogP contribution in [0.15, 0.2) is 109 Å². The summed E-state index contributed by atoms with van der Waals surface area (Å²) in [5.41, 5.74) is 10.9. The van der Waals surface area contributed by atoms with Crippen molar-refractivity contribution in [3.63, 3.8) is 0 Å². The maximum absolute atomic E-state index is 7.30. The highest BCUT2D eigenvalue weighted by Gasteiger charge is 2.51. The molecule has 0 spiro atoms. The van der Waals surface area contributed by atoms with Gasteiger partial charge >= 0.3 is 0 Å². The van der Waals surface area contributed by atoms with Crippen LogP contribution in [0.4, 0.5) is 0 Å². The van der Waals surface area contributed by atoms with Crippen LogP contribution in [0.25, 0.3) is 33.0 Å². The summed E-state index contributed by atoms with van der Waals surface area (Å²) >= 11 is 7.30. The average molecular weight is 429 g/mol. The van der Waals surface area contributed by atoms with Crippen molar-refractivity contribution in [1.82, 2.24) is 0 Å².